The van der Waals surface area contributed by atoms with Crippen LogP contribution in [0.5, 0.6) is 0 Å². The molecular formula is C22H25NO4S. The first-order valence-electron chi connectivity index (χ1n) is 9.53. The van der Waals surface area contributed by atoms with Crippen LogP contribution in [0.15, 0.2) is 54.6 Å². The van der Waals surface area contributed by atoms with Crippen molar-refractivity contribution in [2.24, 2.45) is 11.8 Å². The number of carboxylic acids is 1. The molecule has 2 aromatic carbocycles. The number of aliphatic carboxylic acids is 1. The van der Waals surface area contributed by atoms with Crippen LogP contribution < -0.4 is 5.32 Å². The topological polar surface area (TPSA) is 83.5 Å². The van der Waals surface area contributed by atoms with Crippen molar-refractivity contribution in [2.45, 2.75) is 37.2 Å². The molecule has 0 saturated heterocycles. The Labute approximate surface area is 167 Å². The van der Waals surface area contributed by atoms with Crippen LogP contribution in [0.4, 0.5) is 5.69 Å². The fraction of sp³-hybridized carbons (Fsp3) is 0.364. The molecule has 1 atom stereocenters. The monoisotopic (exact) mass is 399 g/mol. The molecule has 0 heterocycles. The summed E-state index contributed by atoms with van der Waals surface area (Å²) in [6, 6.07) is 17.2. The highest BCUT2D eigenvalue weighted by molar-refractivity contribution is 7.83. The van der Waals surface area contributed by atoms with Gasteiger partial charge >= 0.3 is 5.97 Å². The molecule has 1 saturated carbocycles. The molecule has 1 aliphatic carbocycles. The number of carbonyl (C=O) groups is 2. The van der Waals surface area contributed by atoms with E-state index in [9.17, 15) is 13.8 Å². The predicted molar refractivity (Wildman–Crippen MR) is 110 cm³/mol. The lowest BCUT2D eigenvalue weighted by molar-refractivity contribution is -0.143. The highest BCUT2D eigenvalue weighted by Crippen LogP contribution is 2.30. The van der Waals surface area contributed by atoms with Crippen molar-refractivity contribution in [1.82, 2.24) is 0 Å². The average molecular weight is 400 g/mol. The van der Waals surface area contributed by atoms with E-state index in [2.05, 4.69) is 5.32 Å². The van der Waals surface area contributed by atoms with Gasteiger partial charge in [0.1, 0.15) is 0 Å². The van der Waals surface area contributed by atoms with Gasteiger partial charge in [-0.2, -0.15) is 0 Å². The second kappa shape index (κ2) is 9.64. The fourth-order valence-corrected chi connectivity index (χ4v) is 4.80. The molecule has 148 valence electrons. The van der Waals surface area contributed by atoms with E-state index in [4.69, 9.17) is 5.11 Å². The molecule has 0 radical (unpaired) electrons. The largest absolute Gasteiger partial charge is 0.481 e. The molecule has 1 fully saturated rings. The van der Waals surface area contributed by atoms with Gasteiger partial charge in [0, 0.05) is 33.9 Å². The molecular weight excluding hydrogens is 374 g/mol. The van der Waals surface area contributed by atoms with Crippen molar-refractivity contribution >= 4 is 28.4 Å². The molecule has 0 aliphatic heterocycles. The van der Waals surface area contributed by atoms with Gasteiger partial charge in [0.25, 0.3) is 0 Å². The third-order valence-corrected chi connectivity index (χ3v) is 6.45. The third-order valence-electron chi connectivity index (χ3n) is 5.14. The molecule has 0 spiro atoms. The molecule has 6 heteroatoms. The summed E-state index contributed by atoms with van der Waals surface area (Å²) in [6.45, 7) is 0. The van der Waals surface area contributed by atoms with Crippen molar-refractivity contribution in [1.29, 1.82) is 0 Å². The first kappa shape index (κ1) is 20.3. The van der Waals surface area contributed by atoms with Crippen molar-refractivity contribution in [3.05, 3.63) is 65.7 Å². The number of carbonyl (C=O) groups excluding carboxylic acids is 1. The Morgan fingerprint density at radius 2 is 1.50 bits per heavy atom. The van der Waals surface area contributed by atoms with Crippen LogP contribution in [0.2, 0.25) is 0 Å². The first-order chi connectivity index (χ1) is 13.5. The average Bonchev–Trinajstić information content (AvgIpc) is 2.69. The van der Waals surface area contributed by atoms with Crippen molar-refractivity contribution in [3.8, 4) is 0 Å². The van der Waals surface area contributed by atoms with Crippen LogP contribution in [0.25, 0.3) is 0 Å². The van der Waals surface area contributed by atoms with Gasteiger partial charge in [-0.1, -0.05) is 42.5 Å². The van der Waals surface area contributed by atoms with E-state index in [0.29, 0.717) is 42.9 Å². The summed E-state index contributed by atoms with van der Waals surface area (Å²) in [5.74, 6) is -0.369. The molecule has 0 aromatic heterocycles. The van der Waals surface area contributed by atoms with Gasteiger partial charge in [0.15, 0.2) is 0 Å². The Balaban J connectivity index is 1.54. The predicted octanol–water partition coefficient (Wildman–Crippen LogP) is 3.97. The van der Waals surface area contributed by atoms with Crippen LogP contribution >= 0.6 is 0 Å². The van der Waals surface area contributed by atoms with E-state index in [0.717, 1.165) is 11.1 Å². The highest BCUT2D eigenvalue weighted by atomic mass is 32.2. The van der Waals surface area contributed by atoms with Crippen LogP contribution in [0.3, 0.4) is 0 Å². The van der Waals surface area contributed by atoms with Crippen molar-refractivity contribution in [2.75, 3.05) is 5.32 Å². The van der Waals surface area contributed by atoms with Crippen LogP contribution in [0.1, 0.15) is 36.8 Å². The molecule has 1 aliphatic rings. The first-order valence-corrected chi connectivity index (χ1v) is 11.0. The Kier molecular flexibility index (Phi) is 6.98. The Morgan fingerprint density at radius 3 is 2.18 bits per heavy atom. The molecule has 1 unspecified atom stereocenters. The number of hydrogen-bond donors (Lipinski definition) is 2. The summed E-state index contributed by atoms with van der Waals surface area (Å²) in [7, 11) is -1.02. The Morgan fingerprint density at radius 1 is 0.893 bits per heavy atom. The summed E-state index contributed by atoms with van der Waals surface area (Å²) < 4.78 is 12.4. The van der Waals surface area contributed by atoms with E-state index < -0.39 is 16.8 Å². The molecule has 1 amide bonds. The van der Waals surface area contributed by atoms with Gasteiger partial charge in [-0.3, -0.25) is 13.8 Å². The lowest BCUT2D eigenvalue weighted by Gasteiger charge is -2.25. The maximum Gasteiger partial charge on any atom is 0.306 e. The molecule has 2 aromatic rings. The second-order valence-electron chi connectivity index (χ2n) is 7.29. The van der Waals surface area contributed by atoms with Gasteiger partial charge in [-0.25, -0.2) is 0 Å². The van der Waals surface area contributed by atoms with Gasteiger partial charge in [0.2, 0.25) is 5.91 Å². The molecule has 5 nitrogen and oxygen atoms in total. The van der Waals surface area contributed by atoms with E-state index in [-0.39, 0.29) is 17.7 Å². The van der Waals surface area contributed by atoms with Crippen molar-refractivity contribution in [3.63, 3.8) is 0 Å². The lowest BCUT2D eigenvalue weighted by atomic mass is 9.81. The highest BCUT2D eigenvalue weighted by Gasteiger charge is 2.29. The number of carboxylic acid groups (broad SMARTS) is 1. The van der Waals surface area contributed by atoms with Gasteiger partial charge < -0.3 is 10.4 Å². The zero-order valence-electron chi connectivity index (χ0n) is 15.7. The Bertz CT molecular complexity index is 845. The smallest absolute Gasteiger partial charge is 0.306 e. The number of hydrogen-bond acceptors (Lipinski definition) is 3. The maximum absolute atomic E-state index is 12.5. The quantitative estimate of drug-likeness (QED) is 0.738. The molecule has 0 bridgehead atoms. The number of rotatable bonds is 7. The normalized spacial score (nSPS) is 20.3. The zero-order chi connectivity index (χ0) is 19.9. The minimum atomic E-state index is -1.02. The van der Waals surface area contributed by atoms with Crippen LogP contribution in [-0.2, 0) is 31.9 Å². The Hall–Kier alpha value is -2.47. The van der Waals surface area contributed by atoms with E-state index in [1.165, 1.54) is 0 Å². The third kappa shape index (κ3) is 5.76. The summed E-state index contributed by atoms with van der Waals surface area (Å²) >= 11 is 0. The molecule has 28 heavy (non-hydrogen) atoms. The fourth-order valence-electron chi connectivity index (χ4n) is 3.58. The molecule has 3 rings (SSSR count). The van der Waals surface area contributed by atoms with Gasteiger partial charge in [-0.05, 0) is 48.9 Å². The number of benzene rings is 2. The standard InChI is InChI=1S/C22H25NO4S/c24-21(18-9-11-19(12-10-18)22(25)26)23-20-8-4-7-17(13-20)15-28(27)14-16-5-2-1-3-6-16/h1-8,13,18-19H,9-12,14-15H2,(H,23,24)(H,25,26). The number of amides is 1. The van der Waals surface area contributed by atoms with E-state index in [1.54, 1.807) is 0 Å². The summed E-state index contributed by atoms with van der Waals surface area (Å²) in [6.07, 6.45) is 2.30. The van der Waals surface area contributed by atoms with E-state index >= 15 is 0 Å². The second-order valence-corrected chi connectivity index (χ2v) is 8.75. The van der Waals surface area contributed by atoms with Gasteiger partial charge in [-0.15, -0.1) is 0 Å². The lowest BCUT2D eigenvalue weighted by Crippen LogP contribution is -2.29. The minimum absolute atomic E-state index is 0.0635. The van der Waals surface area contributed by atoms with Crippen molar-refractivity contribution < 1.29 is 18.9 Å². The number of nitrogens with one attached hydrogen (secondary N) is 1. The summed E-state index contributed by atoms with van der Waals surface area (Å²) in [5, 5.41) is 12.0. The summed E-state index contributed by atoms with van der Waals surface area (Å²) in [4.78, 5) is 23.5. The molecule has 2 N–H and O–H groups in total. The zero-order valence-corrected chi connectivity index (χ0v) is 16.5. The van der Waals surface area contributed by atoms with Crippen LogP contribution in [-0.4, -0.2) is 21.2 Å². The van der Waals surface area contributed by atoms with Gasteiger partial charge in [0.05, 0.1) is 5.92 Å². The maximum atomic E-state index is 12.5. The minimum Gasteiger partial charge on any atom is -0.481 e. The summed E-state index contributed by atoms with van der Waals surface area (Å²) in [5.41, 5.74) is 2.66. The van der Waals surface area contributed by atoms with Crippen LogP contribution in [0, 0.1) is 11.8 Å². The van der Waals surface area contributed by atoms with E-state index in [1.807, 2.05) is 54.6 Å². The number of anilines is 1. The SMILES string of the molecule is O=C(O)C1CCC(C(=O)Nc2cccc(CS(=O)Cc3ccccc3)c2)CC1.